The quantitative estimate of drug-likeness (QED) is 0.779. The van der Waals surface area contributed by atoms with Crippen LogP contribution in [0.5, 0.6) is 0 Å². The third-order valence-electron chi connectivity index (χ3n) is 2.05. The van der Waals surface area contributed by atoms with Crippen molar-refractivity contribution in [2.24, 2.45) is 0 Å². The van der Waals surface area contributed by atoms with Gasteiger partial charge in [0.05, 0.1) is 5.92 Å². The highest BCUT2D eigenvalue weighted by Crippen LogP contribution is 2.22. The summed E-state index contributed by atoms with van der Waals surface area (Å²) >= 11 is 0. The van der Waals surface area contributed by atoms with E-state index in [1.54, 1.807) is 0 Å². The van der Waals surface area contributed by atoms with Crippen molar-refractivity contribution in [1.29, 1.82) is 0 Å². The van der Waals surface area contributed by atoms with Crippen molar-refractivity contribution in [3.05, 3.63) is 48.1 Å². The number of carboxylic acid groups (broad SMARTS) is 1. The molecule has 0 aliphatic carbocycles. The number of halogens is 2. The highest BCUT2D eigenvalue weighted by molar-refractivity contribution is 5.76. The van der Waals surface area contributed by atoms with Crippen LogP contribution in [-0.4, -0.2) is 11.1 Å². The maximum absolute atomic E-state index is 12.8. The van der Waals surface area contributed by atoms with Crippen molar-refractivity contribution >= 4 is 5.97 Å². The van der Waals surface area contributed by atoms with Crippen molar-refractivity contribution in [2.45, 2.75) is 12.3 Å². The molecule has 0 bridgehead atoms. The van der Waals surface area contributed by atoms with Gasteiger partial charge in [-0.25, -0.2) is 8.78 Å². The number of hydrogen-bond donors (Lipinski definition) is 1. The minimum atomic E-state index is -1.08. The summed E-state index contributed by atoms with van der Waals surface area (Å²) in [7, 11) is 0. The van der Waals surface area contributed by atoms with Crippen LogP contribution in [0.15, 0.2) is 30.9 Å². The molecule has 0 saturated heterocycles. The first kappa shape index (κ1) is 11.4. The van der Waals surface area contributed by atoms with Gasteiger partial charge >= 0.3 is 5.97 Å². The molecule has 4 heteroatoms. The van der Waals surface area contributed by atoms with Crippen LogP contribution in [0.2, 0.25) is 0 Å². The van der Waals surface area contributed by atoms with E-state index >= 15 is 0 Å². The van der Waals surface area contributed by atoms with Crippen LogP contribution in [0.25, 0.3) is 0 Å². The van der Waals surface area contributed by atoms with E-state index in [2.05, 4.69) is 6.58 Å². The van der Waals surface area contributed by atoms with Gasteiger partial charge in [-0.05, 0) is 24.1 Å². The summed E-state index contributed by atoms with van der Waals surface area (Å²) < 4.78 is 25.5. The van der Waals surface area contributed by atoms with Crippen LogP contribution in [0.1, 0.15) is 17.9 Å². The van der Waals surface area contributed by atoms with Crippen LogP contribution in [0.4, 0.5) is 8.78 Å². The summed E-state index contributed by atoms with van der Waals surface area (Å²) in [5, 5.41) is 8.85. The van der Waals surface area contributed by atoms with E-state index in [4.69, 9.17) is 5.11 Å². The molecule has 2 nitrogen and oxygen atoms in total. The van der Waals surface area contributed by atoms with Gasteiger partial charge in [0.25, 0.3) is 0 Å². The molecule has 0 aromatic heterocycles. The number of allylic oxidation sites excluding steroid dienone is 1. The second kappa shape index (κ2) is 4.68. The molecule has 1 aromatic carbocycles. The first-order valence-corrected chi connectivity index (χ1v) is 4.35. The Balaban J connectivity index is 3.06. The fourth-order valence-corrected chi connectivity index (χ4v) is 1.28. The summed E-state index contributed by atoms with van der Waals surface area (Å²) in [6.07, 6.45) is 1.61. The molecular formula is C11H10F2O2. The lowest BCUT2D eigenvalue weighted by Gasteiger charge is -2.10. The molecule has 0 aliphatic heterocycles. The van der Waals surface area contributed by atoms with E-state index in [1.807, 2.05) is 0 Å². The molecule has 0 fully saturated rings. The van der Waals surface area contributed by atoms with Gasteiger partial charge in [-0.15, -0.1) is 6.58 Å². The lowest BCUT2D eigenvalue weighted by atomic mass is 9.96. The van der Waals surface area contributed by atoms with E-state index in [0.717, 1.165) is 12.1 Å². The molecule has 1 atom stereocenters. The van der Waals surface area contributed by atoms with Gasteiger partial charge in [-0.1, -0.05) is 12.1 Å². The molecule has 0 heterocycles. The van der Waals surface area contributed by atoms with Crippen LogP contribution in [0.3, 0.4) is 0 Å². The maximum atomic E-state index is 12.8. The first-order valence-electron chi connectivity index (χ1n) is 4.35. The smallest absolute Gasteiger partial charge is 0.311 e. The number of hydrogen-bond acceptors (Lipinski definition) is 1. The van der Waals surface area contributed by atoms with Crippen molar-refractivity contribution in [3.8, 4) is 0 Å². The fraction of sp³-hybridized carbons (Fsp3) is 0.182. The Kier molecular flexibility index (Phi) is 3.55. The lowest BCUT2D eigenvalue weighted by molar-refractivity contribution is -0.138. The Bertz CT molecular complexity index is 388. The Morgan fingerprint density at radius 3 is 2.60 bits per heavy atom. The molecule has 80 valence electrons. The van der Waals surface area contributed by atoms with E-state index in [9.17, 15) is 13.6 Å². The van der Waals surface area contributed by atoms with E-state index in [-0.39, 0.29) is 12.0 Å². The Morgan fingerprint density at radius 1 is 1.47 bits per heavy atom. The molecule has 0 unspecified atom stereocenters. The molecule has 15 heavy (non-hydrogen) atoms. The summed E-state index contributed by atoms with van der Waals surface area (Å²) in [5.74, 6) is -3.98. The molecule has 0 amide bonds. The summed E-state index contributed by atoms with van der Waals surface area (Å²) in [6.45, 7) is 3.42. The minimum Gasteiger partial charge on any atom is -0.481 e. The number of aliphatic carboxylic acids is 1. The number of benzene rings is 1. The van der Waals surface area contributed by atoms with Gasteiger partial charge in [0.1, 0.15) is 0 Å². The highest BCUT2D eigenvalue weighted by atomic mass is 19.2. The third kappa shape index (κ3) is 2.62. The van der Waals surface area contributed by atoms with Gasteiger partial charge in [-0.2, -0.15) is 0 Å². The van der Waals surface area contributed by atoms with Crippen LogP contribution < -0.4 is 0 Å². The normalized spacial score (nSPS) is 12.1. The van der Waals surface area contributed by atoms with Gasteiger partial charge in [-0.3, -0.25) is 4.79 Å². The number of rotatable bonds is 4. The molecule has 0 radical (unpaired) electrons. The first-order chi connectivity index (χ1) is 7.06. The van der Waals surface area contributed by atoms with Gasteiger partial charge < -0.3 is 5.11 Å². The van der Waals surface area contributed by atoms with E-state index in [0.29, 0.717) is 0 Å². The maximum Gasteiger partial charge on any atom is 0.311 e. The average Bonchev–Trinajstić information content (AvgIpc) is 2.18. The molecular weight excluding hydrogens is 202 g/mol. The average molecular weight is 212 g/mol. The summed E-state index contributed by atoms with van der Waals surface area (Å²) in [5.41, 5.74) is 0.237. The van der Waals surface area contributed by atoms with Crippen molar-refractivity contribution in [1.82, 2.24) is 0 Å². The summed E-state index contributed by atoms with van der Waals surface area (Å²) in [4.78, 5) is 10.8. The second-order valence-corrected chi connectivity index (χ2v) is 3.09. The fourth-order valence-electron chi connectivity index (χ4n) is 1.28. The minimum absolute atomic E-state index is 0.181. The topological polar surface area (TPSA) is 37.3 Å². The monoisotopic (exact) mass is 212 g/mol. The van der Waals surface area contributed by atoms with Crippen LogP contribution in [0, 0.1) is 11.6 Å². The van der Waals surface area contributed by atoms with Crippen molar-refractivity contribution < 1.29 is 18.7 Å². The molecule has 0 saturated carbocycles. The highest BCUT2D eigenvalue weighted by Gasteiger charge is 2.19. The molecule has 0 aliphatic rings. The third-order valence-corrected chi connectivity index (χ3v) is 2.05. The Morgan fingerprint density at radius 2 is 2.13 bits per heavy atom. The predicted octanol–water partition coefficient (Wildman–Crippen LogP) is 2.71. The van der Waals surface area contributed by atoms with Gasteiger partial charge in [0.2, 0.25) is 0 Å². The molecule has 1 N–H and O–H groups in total. The zero-order chi connectivity index (χ0) is 11.4. The molecule has 0 spiro atoms. The van der Waals surface area contributed by atoms with Crippen molar-refractivity contribution in [3.63, 3.8) is 0 Å². The van der Waals surface area contributed by atoms with Gasteiger partial charge in [0, 0.05) is 0 Å². The predicted molar refractivity (Wildman–Crippen MR) is 51.5 cm³/mol. The zero-order valence-electron chi connectivity index (χ0n) is 7.91. The second-order valence-electron chi connectivity index (χ2n) is 3.09. The Labute approximate surface area is 85.9 Å². The van der Waals surface area contributed by atoms with Gasteiger partial charge in [0.15, 0.2) is 11.6 Å². The largest absolute Gasteiger partial charge is 0.481 e. The molecule has 1 rings (SSSR count). The van der Waals surface area contributed by atoms with E-state index in [1.165, 1.54) is 12.1 Å². The van der Waals surface area contributed by atoms with Crippen LogP contribution in [-0.2, 0) is 4.79 Å². The number of carbonyl (C=O) groups is 1. The number of carboxylic acids is 1. The lowest BCUT2D eigenvalue weighted by Crippen LogP contribution is -2.11. The summed E-state index contributed by atoms with van der Waals surface area (Å²) in [6, 6.07) is 3.09. The Hall–Kier alpha value is -1.71. The SMILES string of the molecule is C=CC[C@@H](C(=O)O)c1ccc(F)c(F)c1. The standard InChI is InChI=1S/C11H10F2O2/c1-2-3-8(11(14)15)7-4-5-9(12)10(13)6-7/h2,4-6,8H,1,3H2,(H,14,15)/t8-/m1/s1. The zero-order valence-corrected chi connectivity index (χ0v) is 7.91. The molecule has 1 aromatic rings. The van der Waals surface area contributed by atoms with E-state index < -0.39 is 23.5 Å². The van der Waals surface area contributed by atoms with Crippen molar-refractivity contribution in [2.75, 3.05) is 0 Å². The van der Waals surface area contributed by atoms with Crippen LogP contribution >= 0.6 is 0 Å².